The first-order valence-electron chi connectivity index (χ1n) is 12.8. The van der Waals surface area contributed by atoms with Crippen LogP contribution >= 0.6 is 15.2 Å². The third kappa shape index (κ3) is 13.4. The van der Waals surface area contributed by atoms with E-state index in [1.54, 1.807) is 24.8 Å². The molecule has 0 aliphatic rings. The van der Waals surface area contributed by atoms with Gasteiger partial charge in [-0.3, -0.25) is 39.0 Å². The standard InChI is InChI=1S/C10H10N2O6P2.2C10H8N2.2BrH.Ru/c13-19(14,15)7-1-3-11-9(5-7)10-6-8(2-4-12-10)20(16,17)18;2*1-3-7-11-9(5-1)10-6-2-4-8-12-10;;;/h1-6H,(H2,13,14,15)(H2,16,17,18);2*1-8H;2*1H;/q;;;;;+2/p-2. The zero-order valence-electron chi connectivity index (χ0n) is 24.0. The van der Waals surface area contributed by atoms with Crippen molar-refractivity contribution in [3.63, 3.8) is 0 Å². The van der Waals surface area contributed by atoms with E-state index < -0.39 is 15.2 Å². The van der Waals surface area contributed by atoms with Crippen LogP contribution in [0.2, 0.25) is 0 Å². The summed E-state index contributed by atoms with van der Waals surface area (Å²) in [4.78, 5) is 60.9. The molecule has 0 amide bonds. The summed E-state index contributed by atoms with van der Waals surface area (Å²) in [6.07, 6.45) is 9.45. The topological polar surface area (TPSA) is 192 Å². The molecule has 47 heavy (non-hydrogen) atoms. The molecule has 0 bridgehead atoms. The van der Waals surface area contributed by atoms with Gasteiger partial charge in [0.1, 0.15) is 0 Å². The molecule has 0 aliphatic carbocycles. The van der Waals surface area contributed by atoms with Crippen LogP contribution in [0, 0.1) is 0 Å². The summed E-state index contributed by atoms with van der Waals surface area (Å²) in [6.45, 7) is 0. The number of halogens is 2. The summed E-state index contributed by atoms with van der Waals surface area (Å²) in [5.74, 6) is 0. The maximum atomic E-state index is 11.2. The third-order valence-corrected chi connectivity index (χ3v) is 7.51. The van der Waals surface area contributed by atoms with E-state index in [-0.39, 0.29) is 75.4 Å². The van der Waals surface area contributed by atoms with Gasteiger partial charge in [0.05, 0.1) is 44.8 Å². The smallest absolute Gasteiger partial charge is 1.00 e. The van der Waals surface area contributed by atoms with Crippen LogP contribution in [0.3, 0.4) is 0 Å². The largest absolute Gasteiger partial charge is 2.00 e. The second kappa shape index (κ2) is 20.2. The summed E-state index contributed by atoms with van der Waals surface area (Å²) in [5.41, 5.74) is 3.88. The van der Waals surface area contributed by atoms with Crippen molar-refractivity contribution in [3.8, 4) is 34.2 Å². The summed E-state index contributed by atoms with van der Waals surface area (Å²) in [5, 5.41) is -0.489. The fraction of sp³-hybridized carbons (Fsp3) is 0. The first-order valence-corrected chi connectivity index (χ1v) is 16.0. The number of aromatic nitrogens is 6. The summed E-state index contributed by atoms with van der Waals surface area (Å²) in [6, 6.07) is 27.8. The van der Waals surface area contributed by atoms with Gasteiger partial charge in [-0.1, -0.05) is 24.3 Å². The Kier molecular flexibility index (Phi) is 18.0. The van der Waals surface area contributed by atoms with Gasteiger partial charge in [0.2, 0.25) is 0 Å². The van der Waals surface area contributed by atoms with Crippen molar-refractivity contribution in [2.24, 2.45) is 0 Å². The normalized spacial score (nSPS) is 10.2. The Bertz CT molecular complexity index is 1670. The van der Waals surface area contributed by atoms with Crippen LogP contribution in [-0.2, 0) is 28.6 Å². The molecule has 0 radical (unpaired) electrons. The molecule has 0 fully saturated rings. The second-order valence-corrected chi connectivity index (χ2v) is 12.0. The first-order chi connectivity index (χ1) is 21.1. The van der Waals surface area contributed by atoms with Crippen molar-refractivity contribution in [2.75, 3.05) is 0 Å². The molecule has 0 saturated carbocycles. The minimum atomic E-state index is -4.43. The molecular weight excluding hydrogens is 863 g/mol. The number of rotatable bonds is 5. The molecule has 4 N–H and O–H groups in total. The quantitative estimate of drug-likeness (QED) is 0.111. The van der Waals surface area contributed by atoms with Gasteiger partial charge in [0.25, 0.3) is 0 Å². The molecule has 0 aliphatic heterocycles. The molecule has 0 unspecified atom stereocenters. The zero-order valence-corrected chi connectivity index (χ0v) is 30.7. The fourth-order valence-corrected chi connectivity index (χ4v) is 4.64. The van der Waals surface area contributed by atoms with E-state index in [4.69, 9.17) is 19.6 Å². The summed E-state index contributed by atoms with van der Waals surface area (Å²) in [7, 11) is -8.86. The number of pyridine rings is 6. The average molecular weight is 889 g/mol. The summed E-state index contributed by atoms with van der Waals surface area (Å²) >= 11 is 0. The molecule has 6 heterocycles. The van der Waals surface area contributed by atoms with Gasteiger partial charge in [-0.2, -0.15) is 0 Å². The van der Waals surface area contributed by atoms with Gasteiger partial charge >= 0.3 is 34.7 Å². The molecule has 0 saturated heterocycles. The van der Waals surface area contributed by atoms with E-state index in [2.05, 4.69) is 29.9 Å². The van der Waals surface area contributed by atoms with Crippen molar-refractivity contribution >= 4 is 25.8 Å². The van der Waals surface area contributed by atoms with E-state index in [0.29, 0.717) is 0 Å². The molecule has 244 valence electrons. The Hall–Kier alpha value is -3.22. The predicted octanol–water partition coefficient (Wildman–Crippen LogP) is -1.96. The first kappa shape index (κ1) is 41.8. The van der Waals surface area contributed by atoms with Gasteiger partial charge in [-0.15, -0.1) is 0 Å². The molecule has 6 aromatic heterocycles. The molecule has 6 aromatic rings. The van der Waals surface area contributed by atoms with Gasteiger partial charge in [-0.25, -0.2) is 0 Å². The summed E-state index contributed by atoms with van der Waals surface area (Å²) < 4.78 is 22.3. The van der Waals surface area contributed by atoms with Crippen molar-refractivity contribution in [1.29, 1.82) is 0 Å². The minimum Gasteiger partial charge on any atom is -1.00 e. The molecule has 0 aromatic carbocycles. The fourth-order valence-electron chi connectivity index (χ4n) is 3.54. The van der Waals surface area contributed by atoms with Crippen LogP contribution in [0.4, 0.5) is 0 Å². The van der Waals surface area contributed by atoms with Gasteiger partial charge in [-0.05, 0) is 72.8 Å². The zero-order chi connectivity index (χ0) is 31.4. The maximum absolute atomic E-state index is 11.2. The van der Waals surface area contributed by atoms with Crippen LogP contribution in [0.5, 0.6) is 0 Å². The SMILES string of the molecule is O=P(O)(O)c1ccnc(-c2cc(P(=O)(O)O)ccn2)c1.[Br-].[Br-].[Ru+2].c1ccc(-c2ccccn2)nc1.c1ccc(-c2ccccn2)nc1. The van der Waals surface area contributed by atoms with Crippen LogP contribution in [-0.4, -0.2) is 49.5 Å². The second-order valence-electron chi connectivity index (χ2n) is 8.75. The Labute approximate surface area is 304 Å². The number of hydrogen-bond donors (Lipinski definition) is 4. The van der Waals surface area contributed by atoms with E-state index in [1.807, 2.05) is 72.8 Å². The third-order valence-electron chi connectivity index (χ3n) is 5.61. The molecule has 0 spiro atoms. The van der Waals surface area contributed by atoms with E-state index in [0.717, 1.165) is 47.0 Å². The predicted molar refractivity (Wildman–Crippen MR) is 166 cm³/mol. The van der Waals surface area contributed by atoms with Gasteiger partial charge in [0.15, 0.2) is 0 Å². The van der Waals surface area contributed by atoms with Crippen LogP contribution in [0.25, 0.3) is 34.2 Å². The molecule has 17 heteroatoms. The van der Waals surface area contributed by atoms with E-state index >= 15 is 0 Å². The van der Waals surface area contributed by atoms with Crippen LogP contribution in [0.1, 0.15) is 0 Å². The van der Waals surface area contributed by atoms with E-state index in [1.165, 1.54) is 12.4 Å². The Morgan fingerprint density at radius 3 is 0.851 bits per heavy atom. The number of nitrogens with zero attached hydrogens (tertiary/aromatic N) is 6. The average Bonchev–Trinajstić information content (AvgIpc) is 3.06. The van der Waals surface area contributed by atoms with Crippen molar-refractivity contribution in [2.45, 2.75) is 0 Å². The van der Waals surface area contributed by atoms with Crippen molar-refractivity contribution in [1.82, 2.24) is 29.9 Å². The van der Waals surface area contributed by atoms with Crippen LogP contribution in [0.15, 0.2) is 134 Å². The monoisotopic (exact) mass is 888 g/mol. The maximum Gasteiger partial charge on any atom is 2.00 e. The molecule has 0 atom stereocenters. The Morgan fingerprint density at radius 2 is 0.638 bits per heavy atom. The minimum absolute atomic E-state index is 0. The van der Waals surface area contributed by atoms with Crippen molar-refractivity contribution < 1.29 is 82.1 Å². The molecule has 6 rings (SSSR count). The Morgan fingerprint density at radius 1 is 0.383 bits per heavy atom. The number of hydrogen-bond acceptors (Lipinski definition) is 8. The van der Waals surface area contributed by atoms with Crippen molar-refractivity contribution in [3.05, 3.63) is 134 Å². The molecule has 12 nitrogen and oxygen atoms in total. The Balaban J connectivity index is 0.000000357. The molecular formula is C30H26Br2N6O6P2Ru. The van der Waals surface area contributed by atoms with Crippen LogP contribution < -0.4 is 44.6 Å². The van der Waals surface area contributed by atoms with E-state index in [9.17, 15) is 9.13 Å². The van der Waals surface area contributed by atoms with Gasteiger partial charge in [0, 0.05) is 37.2 Å². The van der Waals surface area contributed by atoms with Gasteiger partial charge < -0.3 is 53.5 Å².